The van der Waals surface area contributed by atoms with Gasteiger partial charge in [-0.3, -0.25) is 33.1 Å². The number of aromatic nitrogens is 6. The Bertz CT molecular complexity index is 3340. The predicted octanol–water partition coefficient (Wildman–Crippen LogP) is 6.90. The van der Waals surface area contributed by atoms with Crippen molar-refractivity contribution in [2.24, 2.45) is 0 Å². The normalized spacial score (nSPS) is 13.3. The molecule has 2 aliphatic heterocycles. The van der Waals surface area contributed by atoms with Crippen molar-refractivity contribution in [3.05, 3.63) is 200 Å². The second-order valence-corrected chi connectivity index (χ2v) is 17.0. The first kappa shape index (κ1) is 45.5. The summed E-state index contributed by atoms with van der Waals surface area (Å²) in [7, 11) is 3.18. The molecular formula is C53H48N8O8. The highest BCUT2D eigenvalue weighted by Crippen LogP contribution is 2.34. The van der Waals surface area contributed by atoms with E-state index in [0.717, 1.165) is 16.9 Å². The van der Waals surface area contributed by atoms with Crippen molar-refractivity contribution >= 4 is 29.0 Å². The van der Waals surface area contributed by atoms with Crippen LogP contribution >= 0.6 is 0 Å². The molecule has 348 valence electrons. The summed E-state index contributed by atoms with van der Waals surface area (Å²) in [6.07, 6.45) is 4.47. The Kier molecular flexibility index (Phi) is 12.3. The molecule has 4 aromatic heterocycles. The number of hydrogen-bond donors (Lipinski definition) is 1. The Morgan fingerprint density at radius 3 is 1.33 bits per heavy atom. The SMILES string of the molecule is COc1ccc(-n2nc(C(C)(C)O)c3c2C(=O)N(c2ccc(-n4ccccc4=O)cc2)CC3)cc1.COc1ccc(-n2nc(C(C)=O)c3c2C(=O)N(c2ccc(-n4ccccc4=O)cc2)CC3)cc1. The maximum absolute atomic E-state index is 13.8. The summed E-state index contributed by atoms with van der Waals surface area (Å²) in [6.45, 7) is 5.69. The number of anilines is 2. The van der Waals surface area contributed by atoms with Gasteiger partial charge >= 0.3 is 0 Å². The van der Waals surface area contributed by atoms with Crippen molar-refractivity contribution in [2.45, 2.75) is 39.2 Å². The van der Waals surface area contributed by atoms with Crippen LogP contribution in [0.15, 0.2) is 155 Å². The average molecular weight is 925 g/mol. The number of nitrogens with zero attached hydrogens (tertiary/aromatic N) is 8. The van der Waals surface area contributed by atoms with Gasteiger partial charge in [-0.25, -0.2) is 9.36 Å². The second kappa shape index (κ2) is 18.6. The third-order valence-electron chi connectivity index (χ3n) is 12.1. The van der Waals surface area contributed by atoms with E-state index in [4.69, 9.17) is 9.47 Å². The zero-order valence-electron chi connectivity index (χ0n) is 38.6. The van der Waals surface area contributed by atoms with Crippen LogP contribution in [-0.4, -0.2) is 78.7 Å². The van der Waals surface area contributed by atoms with E-state index in [2.05, 4.69) is 10.2 Å². The van der Waals surface area contributed by atoms with Gasteiger partial charge in [-0.1, -0.05) is 12.1 Å². The van der Waals surface area contributed by atoms with Crippen molar-refractivity contribution in [3.63, 3.8) is 0 Å². The smallest absolute Gasteiger partial charge is 0.277 e. The summed E-state index contributed by atoms with van der Waals surface area (Å²) in [6, 6.07) is 39.0. The standard InChI is InChI=1S/C27H26N4O4.C26H22N4O4/c1-27(2,34)25-22-15-17-30(19-9-7-18(8-10-19)29-16-5-4-6-23(29)32)26(33)24(22)31(28-25)20-11-13-21(35-3)14-12-20;1-17(31)24-22-14-16-29(19-8-6-18(7-9-19)28-15-4-3-5-23(28)32)26(33)25(22)30(27-24)20-10-12-21(34-2)13-11-20/h4-14,16,34H,15,17H2,1-3H3;3-13,15H,14,16H2,1-2H3. The summed E-state index contributed by atoms with van der Waals surface area (Å²) >= 11 is 0. The van der Waals surface area contributed by atoms with E-state index in [1.165, 1.54) is 28.3 Å². The minimum absolute atomic E-state index is 0.124. The summed E-state index contributed by atoms with van der Waals surface area (Å²) in [4.78, 5) is 67.4. The largest absolute Gasteiger partial charge is 0.497 e. The molecule has 0 aliphatic carbocycles. The van der Waals surface area contributed by atoms with Crippen LogP contribution in [0.25, 0.3) is 22.7 Å². The number of ketones is 1. The first-order valence-corrected chi connectivity index (χ1v) is 22.2. The molecule has 8 aromatic rings. The highest BCUT2D eigenvalue weighted by molar-refractivity contribution is 6.10. The first-order valence-electron chi connectivity index (χ1n) is 22.2. The number of carbonyl (C=O) groups is 3. The highest BCUT2D eigenvalue weighted by atomic mass is 16.5. The number of hydrogen-bond acceptors (Lipinski definition) is 10. The van der Waals surface area contributed by atoms with E-state index in [1.807, 2.05) is 60.7 Å². The Labute approximate surface area is 396 Å². The molecule has 69 heavy (non-hydrogen) atoms. The number of pyridine rings is 2. The van der Waals surface area contributed by atoms with Gasteiger partial charge in [0, 0.05) is 78.4 Å². The summed E-state index contributed by atoms with van der Waals surface area (Å²) in [5, 5.41) is 19.9. The number of aliphatic hydroxyl groups is 1. The van der Waals surface area contributed by atoms with Crippen molar-refractivity contribution < 1.29 is 29.0 Å². The van der Waals surface area contributed by atoms with Crippen molar-refractivity contribution in [2.75, 3.05) is 37.1 Å². The van der Waals surface area contributed by atoms with E-state index in [1.54, 1.807) is 120 Å². The van der Waals surface area contributed by atoms with E-state index in [0.29, 0.717) is 88.5 Å². The number of amides is 2. The molecule has 16 heteroatoms. The molecular weight excluding hydrogens is 877 g/mol. The Morgan fingerprint density at radius 2 is 0.928 bits per heavy atom. The molecule has 4 aromatic carbocycles. The van der Waals surface area contributed by atoms with Gasteiger partial charge in [-0.2, -0.15) is 10.2 Å². The van der Waals surface area contributed by atoms with Crippen LogP contribution < -0.4 is 30.4 Å². The summed E-state index contributed by atoms with van der Waals surface area (Å²) in [5.74, 6) is 0.768. The van der Waals surface area contributed by atoms with Gasteiger partial charge in [0.1, 0.15) is 34.2 Å². The van der Waals surface area contributed by atoms with Gasteiger partial charge in [0.2, 0.25) is 0 Å². The van der Waals surface area contributed by atoms with Crippen LogP contribution in [0.3, 0.4) is 0 Å². The number of methoxy groups -OCH3 is 2. The number of rotatable bonds is 10. The molecule has 2 aliphatic rings. The molecule has 1 N–H and O–H groups in total. The average Bonchev–Trinajstić information content (AvgIpc) is 3.97. The molecule has 16 nitrogen and oxygen atoms in total. The maximum Gasteiger partial charge on any atom is 0.277 e. The monoisotopic (exact) mass is 924 g/mol. The zero-order valence-corrected chi connectivity index (χ0v) is 38.6. The fraction of sp³-hybridized carbons (Fsp3) is 0.189. The van der Waals surface area contributed by atoms with Gasteiger partial charge in [-0.05, 0) is 136 Å². The quantitative estimate of drug-likeness (QED) is 0.142. The van der Waals surface area contributed by atoms with Gasteiger partial charge in [0.15, 0.2) is 5.78 Å². The van der Waals surface area contributed by atoms with Gasteiger partial charge < -0.3 is 24.4 Å². The number of ether oxygens (including phenoxy) is 2. The minimum Gasteiger partial charge on any atom is -0.497 e. The Balaban J connectivity index is 0.000000172. The number of Topliss-reactive ketones (excluding diaryl/α,β-unsaturated/α-hetero) is 1. The molecule has 10 rings (SSSR count). The molecule has 0 fully saturated rings. The van der Waals surface area contributed by atoms with Gasteiger partial charge in [0.25, 0.3) is 22.9 Å². The molecule has 6 heterocycles. The Hall–Kier alpha value is -8.63. The van der Waals surface area contributed by atoms with Crippen molar-refractivity contribution in [1.29, 1.82) is 0 Å². The van der Waals surface area contributed by atoms with Crippen LogP contribution in [0.2, 0.25) is 0 Å². The summed E-state index contributed by atoms with van der Waals surface area (Å²) in [5.41, 5.74) is 5.81. The second-order valence-electron chi connectivity index (χ2n) is 17.0. The number of fused-ring (bicyclic) bond motifs is 2. The van der Waals surface area contributed by atoms with Crippen LogP contribution in [0.1, 0.15) is 69.1 Å². The fourth-order valence-corrected chi connectivity index (χ4v) is 8.68. The topological polar surface area (TPSA) is 176 Å². The number of carbonyl (C=O) groups excluding carboxylic acids is 3. The molecule has 0 bridgehead atoms. The zero-order chi connectivity index (χ0) is 48.6. The van der Waals surface area contributed by atoms with Crippen LogP contribution in [0, 0.1) is 0 Å². The third-order valence-corrected chi connectivity index (χ3v) is 12.1. The Morgan fingerprint density at radius 1 is 0.536 bits per heavy atom. The lowest BCUT2D eigenvalue weighted by atomic mass is 9.94. The highest BCUT2D eigenvalue weighted by Gasteiger charge is 2.38. The fourth-order valence-electron chi connectivity index (χ4n) is 8.68. The van der Waals surface area contributed by atoms with E-state index in [9.17, 15) is 29.1 Å². The lowest BCUT2D eigenvalue weighted by molar-refractivity contribution is 0.0724. The minimum atomic E-state index is -1.20. The molecule has 2 amide bonds. The van der Waals surface area contributed by atoms with E-state index < -0.39 is 5.60 Å². The maximum atomic E-state index is 13.8. The van der Waals surface area contributed by atoms with E-state index in [-0.39, 0.29) is 28.7 Å². The van der Waals surface area contributed by atoms with Crippen molar-refractivity contribution in [1.82, 2.24) is 28.7 Å². The van der Waals surface area contributed by atoms with E-state index >= 15 is 0 Å². The predicted molar refractivity (Wildman–Crippen MR) is 260 cm³/mol. The molecule has 0 unspecified atom stereocenters. The van der Waals surface area contributed by atoms with Crippen molar-refractivity contribution in [3.8, 4) is 34.2 Å². The van der Waals surface area contributed by atoms with Crippen LogP contribution in [-0.2, 0) is 18.4 Å². The first-order chi connectivity index (χ1) is 33.2. The molecule has 0 atom stereocenters. The number of benzene rings is 4. The van der Waals surface area contributed by atoms with Crippen LogP contribution in [0.5, 0.6) is 11.5 Å². The third kappa shape index (κ3) is 8.76. The van der Waals surface area contributed by atoms with Gasteiger partial charge in [0.05, 0.1) is 31.3 Å². The molecule has 0 radical (unpaired) electrons. The lowest BCUT2D eigenvalue weighted by Crippen LogP contribution is -2.39. The lowest BCUT2D eigenvalue weighted by Gasteiger charge is -2.28. The molecule has 0 spiro atoms. The summed E-state index contributed by atoms with van der Waals surface area (Å²) < 4.78 is 16.7. The molecule has 0 saturated heterocycles. The molecule has 0 saturated carbocycles. The van der Waals surface area contributed by atoms with Gasteiger partial charge in [-0.15, -0.1) is 0 Å². The van der Waals surface area contributed by atoms with Crippen LogP contribution in [0.4, 0.5) is 11.4 Å².